The number of benzene rings is 2. The van der Waals surface area contributed by atoms with Crippen molar-refractivity contribution in [2.75, 3.05) is 13.1 Å². The van der Waals surface area contributed by atoms with Gasteiger partial charge >= 0.3 is 0 Å². The summed E-state index contributed by atoms with van der Waals surface area (Å²) in [6.45, 7) is 0.0510. The highest BCUT2D eigenvalue weighted by atomic mass is 16.5. The lowest BCUT2D eigenvalue weighted by atomic mass is 9.80. The van der Waals surface area contributed by atoms with E-state index >= 15 is 0 Å². The molecule has 0 spiro atoms. The summed E-state index contributed by atoms with van der Waals surface area (Å²) >= 11 is 0. The maximum atomic E-state index is 13.0. The number of hydrogen-bond acceptors (Lipinski definition) is 5. The lowest BCUT2D eigenvalue weighted by Crippen LogP contribution is -2.44. The molecule has 2 aliphatic rings. The number of ketones is 1. The molecule has 1 atom stereocenters. The summed E-state index contributed by atoms with van der Waals surface area (Å²) in [5.41, 5.74) is 7.88. The second-order valence-corrected chi connectivity index (χ2v) is 6.62. The molecular formula is C22H17N3O3. The van der Waals surface area contributed by atoms with Gasteiger partial charge in [-0.1, -0.05) is 48.5 Å². The van der Waals surface area contributed by atoms with Crippen LogP contribution in [0.2, 0.25) is 0 Å². The number of nitrogens with zero attached hydrogens (tertiary/aromatic N) is 2. The minimum absolute atomic E-state index is 0.0306. The van der Waals surface area contributed by atoms with Gasteiger partial charge in [0.15, 0.2) is 5.78 Å². The smallest absolute Gasteiger partial charge is 0.254 e. The molecule has 2 aliphatic heterocycles. The van der Waals surface area contributed by atoms with Crippen molar-refractivity contribution in [2.24, 2.45) is 5.73 Å². The first-order chi connectivity index (χ1) is 13.6. The van der Waals surface area contributed by atoms with E-state index < -0.39 is 5.92 Å². The second kappa shape index (κ2) is 7.05. The Bertz CT molecular complexity index is 1050. The van der Waals surface area contributed by atoms with Crippen molar-refractivity contribution in [1.82, 2.24) is 4.90 Å². The van der Waals surface area contributed by atoms with Crippen LogP contribution in [0.3, 0.4) is 0 Å². The molecule has 138 valence electrons. The highest BCUT2D eigenvalue weighted by Gasteiger charge is 2.41. The maximum absolute atomic E-state index is 13.0. The molecule has 0 radical (unpaired) electrons. The van der Waals surface area contributed by atoms with Crippen LogP contribution < -0.4 is 5.73 Å². The van der Waals surface area contributed by atoms with Crippen LogP contribution in [0.5, 0.6) is 0 Å². The largest absolute Gasteiger partial charge is 0.443 e. The number of allylic oxidation sites excluding steroid dienone is 1. The van der Waals surface area contributed by atoms with E-state index in [4.69, 9.17) is 10.5 Å². The lowest BCUT2D eigenvalue weighted by Gasteiger charge is -2.35. The average Bonchev–Trinajstić information content (AvgIpc) is 2.73. The van der Waals surface area contributed by atoms with Gasteiger partial charge in [-0.3, -0.25) is 9.59 Å². The summed E-state index contributed by atoms with van der Waals surface area (Å²) in [5, 5.41) is 9.59. The molecule has 2 heterocycles. The summed E-state index contributed by atoms with van der Waals surface area (Å²) in [7, 11) is 0. The normalized spacial score (nSPS) is 19.0. The van der Waals surface area contributed by atoms with Crippen LogP contribution in [-0.2, 0) is 9.53 Å². The van der Waals surface area contributed by atoms with Crippen LogP contribution in [0, 0.1) is 11.3 Å². The van der Waals surface area contributed by atoms with Gasteiger partial charge in [0, 0.05) is 5.56 Å². The van der Waals surface area contributed by atoms with Gasteiger partial charge in [0.05, 0.1) is 24.6 Å². The summed E-state index contributed by atoms with van der Waals surface area (Å²) in [4.78, 5) is 27.2. The zero-order valence-corrected chi connectivity index (χ0v) is 15.0. The van der Waals surface area contributed by atoms with Gasteiger partial charge < -0.3 is 15.4 Å². The van der Waals surface area contributed by atoms with Gasteiger partial charge in [0.1, 0.15) is 17.4 Å². The molecule has 1 unspecified atom stereocenters. The number of carbonyl (C=O) groups excluding carboxylic acids is 2. The molecule has 1 amide bonds. The zero-order valence-electron chi connectivity index (χ0n) is 15.0. The third kappa shape index (κ3) is 2.93. The number of hydrogen-bond donors (Lipinski definition) is 1. The summed E-state index contributed by atoms with van der Waals surface area (Å²) < 4.78 is 5.63. The molecule has 0 aliphatic carbocycles. The van der Waals surface area contributed by atoms with Crippen LogP contribution in [-0.4, -0.2) is 29.7 Å². The summed E-state index contributed by atoms with van der Waals surface area (Å²) in [6, 6.07) is 20.1. The minimum Gasteiger partial charge on any atom is -0.443 e. The quantitative estimate of drug-likeness (QED) is 0.875. The Morgan fingerprint density at radius 1 is 1.07 bits per heavy atom. The van der Waals surface area contributed by atoms with Gasteiger partial charge in [-0.25, -0.2) is 0 Å². The molecule has 2 N–H and O–H groups in total. The fourth-order valence-corrected chi connectivity index (χ4v) is 3.62. The van der Waals surface area contributed by atoms with E-state index in [9.17, 15) is 14.9 Å². The van der Waals surface area contributed by atoms with Gasteiger partial charge in [0.25, 0.3) is 5.91 Å². The monoisotopic (exact) mass is 371 g/mol. The molecule has 0 fully saturated rings. The van der Waals surface area contributed by atoms with Crippen LogP contribution in [0.25, 0.3) is 0 Å². The molecule has 6 heteroatoms. The van der Waals surface area contributed by atoms with Crippen molar-refractivity contribution < 1.29 is 14.3 Å². The van der Waals surface area contributed by atoms with Crippen LogP contribution >= 0.6 is 0 Å². The summed E-state index contributed by atoms with van der Waals surface area (Å²) in [6.07, 6.45) is 0. The van der Waals surface area contributed by atoms with E-state index in [0.717, 1.165) is 5.56 Å². The molecule has 0 bridgehead atoms. The first kappa shape index (κ1) is 17.6. The average molecular weight is 371 g/mol. The molecule has 2 aromatic rings. The SMILES string of the molecule is N#CC1=C(N)OC2=C(C(=O)CN(C(=O)c3ccccc3)C2)C1c1ccccc1. The Morgan fingerprint density at radius 2 is 1.71 bits per heavy atom. The maximum Gasteiger partial charge on any atom is 0.254 e. The molecule has 0 saturated carbocycles. The number of nitrogens with two attached hydrogens (primary N) is 1. The van der Waals surface area contributed by atoms with Crippen molar-refractivity contribution in [3.63, 3.8) is 0 Å². The van der Waals surface area contributed by atoms with Crippen molar-refractivity contribution in [3.05, 3.63) is 94.6 Å². The van der Waals surface area contributed by atoms with E-state index in [2.05, 4.69) is 6.07 Å². The second-order valence-electron chi connectivity index (χ2n) is 6.62. The van der Waals surface area contributed by atoms with E-state index in [1.165, 1.54) is 4.90 Å². The Morgan fingerprint density at radius 3 is 2.36 bits per heavy atom. The van der Waals surface area contributed by atoms with Gasteiger partial charge in [-0.15, -0.1) is 0 Å². The molecule has 28 heavy (non-hydrogen) atoms. The highest BCUT2D eigenvalue weighted by molar-refractivity contribution is 6.05. The van der Waals surface area contributed by atoms with E-state index in [1.807, 2.05) is 36.4 Å². The molecular weight excluding hydrogens is 354 g/mol. The van der Waals surface area contributed by atoms with Crippen molar-refractivity contribution >= 4 is 11.7 Å². The first-order valence-electron chi connectivity index (χ1n) is 8.83. The van der Waals surface area contributed by atoms with Crippen molar-refractivity contribution in [3.8, 4) is 6.07 Å². The fourth-order valence-electron chi connectivity index (χ4n) is 3.62. The molecule has 0 aromatic heterocycles. The molecule has 2 aromatic carbocycles. The van der Waals surface area contributed by atoms with Crippen LogP contribution in [0.15, 0.2) is 83.5 Å². The Kier molecular flexibility index (Phi) is 4.42. The number of nitriles is 1. The van der Waals surface area contributed by atoms with E-state index in [-0.39, 0.29) is 36.2 Å². The van der Waals surface area contributed by atoms with Gasteiger partial charge in [-0.05, 0) is 17.7 Å². The van der Waals surface area contributed by atoms with Crippen LogP contribution in [0.1, 0.15) is 21.8 Å². The van der Waals surface area contributed by atoms with E-state index in [0.29, 0.717) is 16.9 Å². The zero-order chi connectivity index (χ0) is 19.7. The third-order valence-corrected chi connectivity index (χ3v) is 4.91. The van der Waals surface area contributed by atoms with E-state index in [1.54, 1.807) is 24.3 Å². The first-order valence-corrected chi connectivity index (χ1v) is 8.83. The number of carbonyl (C=O) groups is 2. The number of amides is 1. The predicted molar refractivity (Wildman–Crippen MR) is 101 cm³/mol. The minimum atomic E-state index is -0.587. The Balaban J connectivity index is 1.74. The predicted octanol–water partition coefficient (Wildman–Crippen LogP) is 2.47. The number of ether oxygens (including phenoxy) is 1. The molecule has 6 nitrogen and oxygen atoms in total. The van der Waals surface area contributed by atoms with Crippen molar-refractivity contribution in [2.45, 2.75) is 5.92 Å². The number of Topliss-reactive ketones (excluding diaryl/α,β-unsaturated/α-hetero) is 1. The van der Waals surface area contributed by atoms with Crippen LogP contribution in [0.4, 0.5) is 0 Å². The standard InChI is InChI=1S/C22H17N3O3/c23-11-16-19(14-7-3-1-4-8-14)20-17(26)12-25(13-18(20)28-21(16)24)22(27)15-9-5-2-6-10-15/h1-10,19H,12-13,24H2. The molecule has 4 rings (SSSR count). The van der Waals surface area contributed by atoms with Gasteiger partial charge in [0.2, 0.25) is 5.88 Å². The highest BCUT2D eigenvalue weighted by Crippen LogP contribution is 2.41. The summed E-state index contributed by atoms with van der Waals surface area (Å²) in [5.74, 6) is -0.798. The number of rotatable bonds is 2. The van der Waals surface area contributed by atoms with Gasteiger partial charge in [-0.2, -0.15) is 5.26 Å². The fraction of sp³-hybridized carbons (Fsp3) is 0.136. The van der Waals surface area contributed by atoms with Crippen molar-refractivity contribution in [1.29, 1.82) is 5.26 Å². The third-order valence-electron chi connectivity index (χ3n) is 4.91. The molecule has 0 saturated heterocycles. The Labute approximate surface area is 162 Å². The Hall–Kier alpha value is -3.85. The topological polar surface area (TPSA) is 96.4 Å². The lowest BCUT2D eigenvalue weighted by molar-refractivity contribution is -0.117.